The van der Waals surface area contributed by atoms with E-state index in [9.17, 15) is 0 Å². The number of aromatic amines is 1. The summed E-state index contributed by atoms with van der Waals surface area (Å²) in [7, 11) is 0. The maximum absolute atomic E-state index is 6.26. The number of benzene rings is 2. The fourth-order valence-electron chi connectivity index (χ4n) is 2.10. The molecule has 1 heterocycles. The van der Waals surface area contributed by atoms with Gasteiger partial charge in [0, 0.05) is 15.1 Å². The summed E-state index contributed by atoms with van der Waals surface area (Å²) in [6.45, 7) is 0. The van der Waals surface area contributed by atoms with E-state index in [1.165, 1.54) is 4.68 Å². The maximum atomic E-state index is 6.26. The van der Waals surface area contributed by atoms with Gasteiger partial charge in [-0.1, -0.05) is 53.5 Å². The molecule has 3 aromatic rings. The summed E-state index contributed by atoms with van der Waals surface area (Å²) in [6, 6.07) is 15.1. The predicted octanol–water partition coefficient (Wildman–Crippen LogP) is 6.18. The van der Waals surface area contributed by atoms with Crippen LogP contribution in [0.4, 0.5) is 0 Å². The smallest absolute Gasteiger partial charge is 0.216 e. The molecular formula is C17H11BrCl2N4S. The first kappa shape index (κ1) is 18.1. The van der Waals surface area contributed by atoms with Crippen LogP contribution >= 0.6 is 51.3 Å². The Kier molecular flexibility index (Phi) is 5.86. The van der Waals surface area contributed by atoms with Gasteiger partial charge in [0.25, 0.3) is 0 Å². The number of hydrogen-bond acceptors (Lipinski definition) is 3. The number of nitrogens with one attached hydrogen (secondary N) is 1. The highest BCUT2D eigenvalue weighted by Gasteiger charge is 2.12. The van der Waals surface area contributed by atoms with Gasteiger partial charge >= 0.3 is 0 Å². The summed E-state index contributed by atoms with van der Waals surface area (Å²) >= 11 is 20.9. The Morgan fingerprint density at radius 1 is 1.20 bits per heavy atom. The molecule has 0 saturated carbocycles. The SMILES string of the molecule is S=c1[nH]nc(-c2ccc(Cl)cc2Cl)n1/N=C\C(Br)=C\c1ccccc1. The quantitative estimate of drug-likeness (QED) is 0.378. The van der Waals surface area contributed by atoms with Crippen LogP contribution in [0.15, 0.2) is 58.1 Å². The van der Waals surface area contributed by atoms with E-state index in [-0.39, 0.29) is 0 Å². The number of aromatic nitrogens is 3. The van der Waals surface area contributed by atoms with Gasteiger partial charge in [0.1, 0.15) is 0 Å². The first-order chi connectivity index (χ1) is 12.0. The highest BCUT2D eigenvalue weighted by molar-refractivity contribution is 9.12. The molecule has 25 heavy (non-hydrogen) atoms. The zero-order valence-corrected chi connectivity index (χ0v) is 16.6. The molecule has 1 N–H and O–H groups in total. The van der Waals surface area contributed by atoms with Crippen LogP contribution in [0.1, 0.15) is 5.56 Å². The van der Waals surface area contributed by atoms with Crippen LogP contribution in [0, 0.1) is 4.77 Å². The molecule has 0 amide bonds. The van der Waals surface area contributed by atoms with Gasteiger partial charge in [0.2, 0.25) is 4.77 Å². The highest BCUT2D eigenvalue weighted by atomic mass is 79.9. The fraction of sp³-hybridized carbons (Fsp3) is 0. The Morgan fingerprint density at radius 2 is 1.96 bits per heavy atom. The highest BCUT2D eigenvalue weighted by Crippen LogP contribution is 2.29. The number of nitrogens with zero attached hydrogens (tertiary/aromatic N) is 3. The van der Waals surface area contributed by atoms with Crippen LogP contribution in [0.25, 0.3) is 17.5 Å². The van der Waals surface area contributed by atoms with Crippen molar-refractivity contribution in [3.8, 4) is 11.4 Å². The van der Waals surface area contributed by atoms with E-state index in [2.05, 4.69) is 31.2 Å². The lowest BCUT2D eigenvalue weighted by molar-refractivity contribution is 0.872. The van der Waals surface area contributed by atoms with Gasteiger partial charge in [-0.15, -0.1) is 0 Å². The Hall–Kier alpha value is -1.73. The Balaban J connectivity index is 1.95. The number of hydrogen-bond donors (Lipinski definition) is 1. The van der Waals surface area contributed by atoms with E-state index < -0.39 is 0 Å². The number of H-pyrrole nitrogens is 1. The van der Waals surface area contributed by atoms with Crippen LogP contribution < -0.4 is 0 Å². The largest absolute Gasteiger partial charge is 0.250 e. The minimum atomic E-state index is 0.359. The molecule has 0 unspecified atom stereocenters. The van der Waals surface area contributed by atoms with Gasteiger partial charge in [-0.25, -0.2) is 5.10 Å². The summed E-state index contributed by atoms with van der Waals surface area (Å²) in [5.41, 5.74) is 1.73. The second-order valence-electron chi connectivity index (χ2n) is 4.97. The molecule has 0 fully saturated rings. The monoisotopic (exact) mass is 452 g/mol. The van der Waals surface area contributed by atoms with Crippen molar-refractivity contribution in [1.82, 2.24) is 14.9 Å². The van der Waals surface area contributed by atoms with E-state index in [4.69, 9.17) is 35.4 Å². The molecule has 0 bridgehead atoms. The van der Waals surface area contributed by atoms with Gasteiger partial charge in [-0.3, -0.25) is 0 Å². The summed E-state index contributed by atoms with van der Waals surface area (Å²) in [6.07, 6.45) is 3.59. The molecule has 0 spiro atoms. The Labute approximate surface area is 167 Å². The van der Waals surface area contributed by atoms with Gasteiger partial charge in [-0.05, 0) is 58.0 Å². The molecule has 126 valence electrons. The molecule has 0 aliphatic carbocycles. The Bertz CT molecular complexity index is 1010. The molecule has 8 heteroatoms. The third-order valence-corrected chi connectivity index (χ3v) is 4.47. The van der Waals surface area contributed by atoms with Gasteiger partial charge in [0.05, 0.1) is 11.2 Å². The third-order valence-electron chi connectivity index (χ3n) is 3.22. The molecule has 0 radical (unpaired) electrons. The molecular weight excluding hydrogens is 443 g/mol. The van der Waals surface area contributed by atoms with Crippen molar-refractivity contribution in [2.45, 2.75) is 0 Å². The normalized spacial score (nSPS) is 12.0. The van der Waals surface area contributed by atoms with Crippen molar-refractivity contribution in [3.63, 3.8) is 0 Å². The van der Waals surface area contributed by atoms with E-state index in [0.29, 0.717) is 26.2 Å². The molecule has 0 atom stereocenters. The number of rotatable bonds is 4. The van der Waals surface area contributed by atoms with Crippen LogP contribution in [-0.4, -0.2) is 21.1 Å². The third kappa shape index (κ3) is 4.46. The summed E-state index contributed by atoms with van der Waals surface area (Å²) in [4.78, 5) is 0. The average molecular weight is 454 g/mol. The zero-order valence-electron chi connectivity index (χ0n) is 12.7. The van der Waals surface area contributed by atoms with Crippen molar-refractivity contribution in [2.24, 2.45) is 5.10 Å². The van der Waals surface area contributed by atoms with Gasteiger partial charge < -0.3 is 0 Å². The predicted molar refractivity (Wildman–Crippen MR) is 110 cm³/mol. The Morgan fingerprint density at radius 3 is 2.68 bits per heavy atom. The second kappa shape index (κ2) is 8.10. The second-order valence-corrected chi connectivity index (χ2v) is 7.12. The minimum Gasteiger partial charge on any atom is -0.250 e. The van der Waals surface area contributed by atoms with Crippen LogP contribution in [0.2, 0.25) is 10.0 Å². The van der Waals surface area contributed by atoms with Crippen molar-refractivity contribution in [3.05, 3.63) is 73.4 Å². The topological polar surface area (TPSA) is 46.0 Å². The molecule has 2 aromatic carbocycles. The summed E-state index contributed by atoms with van der Waals surface area (Å²) in [5, 5.41) is 12.3. The van der Waals surface area contributed by atoms with E-state index in [1.807, 2.05) is 36.4 Å². The molecule has 0 saturated heterocycles. The zero-order chi connectivity index (χ0) is 17.8. The van der Waals surface area contributed by atoms with E-state index in [0.717, 1.165) is 10.0 Å². The fourth-order valence-corrected chi connectivity index (χ4v) is 3.13. The first-order valence-corrected chi connectivity index (χ1v) is 9.10. The van der Waals surface area contributed by atoms with Crippen LogP contribution in [0.5, 0.6) is 0 Å². The van der Waals surface area contributed by atoms with E-state index in [1.54, 1.807) is 24.4 Å². The first-order valence-electron chi connectivity index (χ1n) is 7.14. The molecule has 1 aromatic heterocycles. The van der Waals surface area contributed by atoms with Gasteiger partial charge in [-0.2, -0.15) is 14.9 Å². The molecule has 0 aliphatic heterocycles. The van der Waals surface area contributed by atoms with Crippen molar-refractivity contribution in [1.29, 1.82) is 0 Å². The lowest BCUT2D eigenvalue weighted by Crippen LogP contribution is -1.95. The standard InChI is InChI=1S/C17H11BrCl2N4S/c18-12(8-11-4-2-1-3-5-11)10-21-24-16(22-23-17(24)25)14-7-6-13(19)9-15(14)20/h1-10H,(H,23,25)/b12-8-,21-10-. The summed E-state index contributed by atoms with van der Waals surface area (Å²) in [5.74, 6) is 0.503. The van der Waals surface area contributed by atoms with Gasteiger partial charge in [0.15, 0.2) is 5.82 Å². The molecule has 0 aliphatic rings. The van der Waals surface area contributed by atoms with Crippen molar-refractivity contribution in [2.75, 3.05) is 0 Å². The average Bonchev–Trinajstić information content (AvgIpc) is 2.94. The molecule has 4 nitrogen and oxygen atoms in total. The molecule has 3 rings (SSSR count). The maximum Gasteiger partial charge on any atom is 0.216 e. The lowest BCUT2D eigenvalue weighted by atomic mass is 10.2. The summed E-state index contributed by atoms with van der Waals surface area (Å²) < 4.78 is 2.65. The van der Waals surface area contributed by atoms with E-state index >= 15 is 0 Å². The van der Waals surface area contributed by atoms with Crippen LogP contribution in [-0.2, 0) is 0 Å². The van der Waals surface area contributed by atoms with Crippen molar-refractivity contribution >= 4 is 63.6 Å². The minimum absolute atomic E-state index is 0.359. The lowest BCUT2D eigenvalue weighted by Gasteiger charge is -2.03. The number of allylic oxidation sites excluding steroid dienone is 1. The number of halogens is 3. The van der Waals surface area contributed by atoms with Crippen LogP contribution in [0.3, 0.4) is 0 Å². The van der Waals surface area contributed by atoms with Crippen molar-refractivity contribution < 1.29 is 0 Å².